The molecule has 0 amide bonds. The van der Waals surface area contributed by atoms with E-state index in [4.69, 9.17) is 9.47 Å². The van der Waals surface area contributed by atoms with Gasteiger partial charge in [-0.25, -0.2) is 9.97 Å². The average molecular weight is 395 g/mol. The second-order valence-corrected chi connectivity index (χ2v) is 6.45. The van der Waals surface area contributed by atoms with Gasteiger partial charge in [0.1, 0.15) is 12.1 Å². The zero-order chi connectivity index (χ0) is 20.6. The summed E-state index contributed by atoms with van der Waals surface area (Å²) in [5.41, 5.74) is 2.24. The van der Waals surface area contributed by atoms with Crippen molar-refractivity contribution in [2.24, 2.45) is 0 Å². The van der Waals surface area contributed by atoms with Crippen molar-refractivity contribution in [3.63, 3.8) is 0 Å². The third kappa shape index (κ3) is 5.47. The maximum atomic E-state index is 9.85. The van der Waals surface area contributed by atoms with Gasteiger partial charge in [-0.2, -0.15) is 4.98 Å². The van der Waals surface area contributed by atoms with Gasteiger partial charge in [-0.05, 0) is 37.1 Å². The fraction of sp³-hybridized carbons (Fsp3) is 0.286. The van der Waals surface area contributed by atoms with Crippen LogP contribution in [0.4, 0.5) is 23.3 Å². The summed E-state index contributed by atoms with van der Waals surface area (Å²) in [5.74, 6) is 2.27. The van der Waals surface area contributed by atoms with Crippen LogP contribution >= 0.6 is 0 Å². The Morgan fingerprint density at radius 1 is 0.966 bits per heavy atom. The number of phenolic OH excluding ortho intramolecular Hbond substituents is 1. The van der Waals surface area contributed by atoms with E-state index in [0.29, 0.717) is 35.7 Å². The predicted molar refractivity (Wildman–Crippen MR) is 113 cm³/mol. The summed E-state index contributed by atoms with van der Waals surface area (Å²) in [6.45, 7) is 4.57. The number of benzene rings is 2. The summed E-state index contributed by atoms with van der Waals surface area (Å²) >= 11 is 0. The minimum Gasteiger partial charge on any atom is -0.508 e. The largest absolute Gasteiger partial charge is 0.508 e. The first-order valence-electron chi connectivity index (χ1n) is 9.42. The Morgan fingerprint density at radius 2 is 1.66 bits per heavy atom. The van der Waals surface area contributed by atoms with Crippen molar-refractivity contribution >= 4 is 23.3 Å². The lowest BCUT2D eigenvalue weighted by Crippen LogP contribution is -2.04. The molecule has 0 atom stereocenters. The minimum absolute atomic E-state index is 0.205. The van der Waals surface area contributed by atoms with Crippen LogP contribution in [0, 0.1) is 6.92 Å². The average Bonchev–Trinajstić information content (AvgIpc) is 2.71. The summed E-state index contributed by atoms with van der Waals surface area (Å²) in [5, 5.41) is 16.0. The Kier molecular flexibility index (Phi) is 6.67. The highest BCUT2D eigenvalue weighted by molar-refractivity contribution is 5.61. The molecule has 3 rings (SSSR count). The number of anilines is 4. The molecule has 3 aromatic rings. The molecule has 0 aliphatic heterocycles. The smallest absolute Gasteiger partial charge is 0.232 e. The van der Waals surface area contributed by atoms with Crippen LogP contribution in [0.15, 0.2) is 42.7 Å². The maximum absolute atomic E-state index is 9.85. The van der Waals surface area contributed by atoms with Gasteiger partial charge in [0.15, 0.2) is 11.5 Å². The van der Waals surface area contributed by atoms with Gasteiger partial charge in [0, 0.05) is 23.5 Å². The molecule has 0 radical (unpaired) electrons. The fourth-order valence-electron chi connectivity index (χ4n) is 2.56. The van der Waals surface area contributed by atoms with Gasteiger partial charge in [0.25, 0.3) is 0 Å². The first-order valence-corrected chi connectivity index (χ1v) is 9.42. The van der Waals surface area contributed by atoms with E-state index in [1.807, 2.05) is 37.3 Å². The second kappa shape index (κ2) is 9.59. The molecular weight excluding hydrogens is 370 g/mol. The van der Waals surface area contributed by atoms with E-state index in [0.717, 1.165) is 24.1 Å². The zero-order valence-corrected chi connectivity index (χ0v) is 16.8. The number of hydrogen-bond acceptors (Lipinski definition) is 8. The predicted octanol–water partition coefficient (Wildman–Crippen LogP) is 4.56. The Labute approximate surface area is 170 Å². The van der Waals surface area contributed by atoms with Gasteiger partial charge in [0.2, 0.25) is 11.9 Å². The Morgan fingerprint density at radius 3 is 2.31 bits per heavy atom. The van der Waals surface area contributed by atoms with E-state index in [1.165, 1.54) is 6.33 Å². The third-order valence-corrected chi connectivity index (χ3v) is 4.21. The van der Waals surface area contributed by atoms with Gasteiger partial charge in [-0.1, -0.05) is 19.4 Å². The highest BCUT2D eigenvalue weighted by atomic mass is 16.5. The molecule has 3 N–H and O–H groups in total. The molecule has 29 heavy (non-hydrogen) atoms. The number of nitrogens with one attached hydrogen (secondary N) is 2. The van der Waals surface area contributed by atoms with Crippen molar-refractivity contribution in [1.29, 1.82) is 0 Å². The number of aromatic nitrogens is 3. The number of phenols is 1. The number of rotatable bonds is 9. The lowest BCUT2D eigenvalue weighted by atomic mass is 10.2. The lowest BCUT2D eigenvalue weighted by molar-refractivity contribution is 0.288. The van der Waals surface area contributed by atoms with Gasteiger partial charge >= 0.3 is 0 Å². The van der Waals surface area contributed by atoms with Crippen molar-refractivity contribution in [1.82, 2.24) is 15.0 Å². The Bertz CT molecular complexity index is 965. The second-order valence-electron chi connectivity index (χ2n) is 6.45. The number of methoxy groups -OCH3 is 1. The molecule has 152 valence electrons. The standard InChI is InChI=1S/C21H25N5O3/c1-4-5-10-29-19-12-16(8-9-18(19)28-3)25-21-23-13-22-20(26-21)24-15-7-6-14(2)17(27)11-15/h6-9,11-13,27H,4-5,10H2,1-3H3,(H2,22,23,24,25,26). The van der Waals surface area contributed by atoms with Gasteiger partial charge in [-0.15, -0.1) is 0 Å². The number of aromatic hydroxyl groups is 1. The first-order chi connectivity index (χ1) is 14.1. The molecule has 0 saturated heterocycles. The monoisotopic (exact) mass is 395 g/mol. The molecule has 1 aromatic heterocycles. The van der Waals surface area contributed by atoms with E-state index < -0.39 is 0 Å². The molecule has 2 aromatic carbocycles. The normalized spacial score (nSPS) is 10.4. The van der Waals surface area contributed by atoms with Crippen LogP contribution in [0.5, 0.6) is 17.2 Å². The molecule has 0 spiro atoms. The van der Waals surface area contributed by atoms with Crippen molar-refractivity contribution in [3.05, 3.63) is 48.3 Å². The quantitative estimate of drug-likeness (QED) is 0.453. The molecule has 0 aliphatic carbocycles. The Balaban J connectivity index is 1.74. The molecule has 0 unspecified atom stereocenters. The highest BCUT2D eigenvalue weighted by Gasteiger charge is 2.08. The fourth-order valence-corrected chi connectivity index (χ4v) is 2.56. The number of ether oxygens (including phenoxy) is 2. The van der Waals surface area contributed by atoms with Crippen molar-refractivity contribution in [2.45, 2.75) is 26.7 Å². The van der Waals surface area contributed by atoms with Crippen LogP contribution in [0.2, 0.25) is 0 Å². The van der Waals surface area contributed by atoms with Crippen LogP contribution in [0.1, 0.15) is 25.3 Å². The summed E-state index contributed by atoms with van der Waals surface area (Å²) in [4.78, 5) is 12.6. The van der Waals surface area contributed by atoms with Gasteiger partial charge in [0.05, 0.1) is 13.7 Å². The Hall–Kier alpha value is -3.55. The van der Waals surface area contributed by atoms with E-state index in [1.54, 1.807) is 13.2 Å². The summed E-state index contributed by atoms with van der Waals surface area (Å²) < 4.78 is 11.2. The number of nitrogens with zero attached hydrogens (tertiary/aromatic N) is 3. The number of aryl methyl sites for hydroxylation is 1. The molecule has 0 bridgehead atoms. The summed E-state index contributed by atoms with van der Waals surface area (Å²) in [7, 11) is 1.61. The molecule has 0 fully saturated rings. The third-order valence-electron chi connectivity index (χ3n) is 4.21. The SMILES string of the molecule is CCCCOc1cc(Nc2ncnc(Nc3ccc(C)c(O)c3)n2)ccc1OC. The summed E-state index contributed by atoms with van der Waals surface area (Å²) in [6.07, 6.45) is 3.44. The number of hydrogen-bond donors (Lipinski definition) is 3. The van der Waals surface area contributed by atoms with Crippen molar-refractivity contribution in [2.75, 3.05) is 24.4 Å². The minimum atomic E-state index is 0.205. The molecule has 8 nitrogen and oxygen atoms in total. The maximum Gasteiger partial charge on any atom is 0.232 e. The van der Waals surface area contributed by atoms with Crippen molar-refractivity contribution in [3.8, 4) is 17.2 Å². The first kappa shape index (κ1) is 20.2. The van der Waals surface area contributed by atoms with Crippen LogP contribution in [0.3, 0.4) is 0 Å². The van der Waals surface area contributed by atoms with Crippen LogP contribution in [-0.2, 0) is 0 Å². The molecule has 1 heterocycles. The highest BCUT2D eigenvalue weighted by Crippen LogP contribution is 2.31. The van der Waals surface area contributed by atoms with Crippen LogP contribution in [0.25, 0.3) is 0 Å². The summed E-state index contributed by atoms with van der Waals surface area (Å²) in [6, 6.07) is 10.8. The topological polar surface area (TPSA) is 101 Å². The van der Waals surface area contributed by atoms with Crippen LogP contribution < -0.4 is 20.1 Å². The van der Waals surface area contributed by atoms with Crippen molar-refractivity contribution < 1.29 is 14.6 Å². The molecule has 0 aliphatic rings. The van der Waals surface area contributed by atoms with E-state index in [2.05, 4.69) is 32.5 Å². The van der Waals surface area contributed by atoms with Crippen LogP contribution in [-0.4, -0.2) is 33.8 Å². The van der Waals surface area contributed by atoms with E-state index >= 15 is 0 Å². The molecular formula is C21H25N5O3. The van der Waals surface area contributed by atoms with Gasteiger partial charge < -0.3 is 25.2 Å². The van der Waals surface area contributed by atoms with E-state index in [-0.39, 0.29) is 5.75 Å². The van der Waals surface area contributed by atoms with Gasteiger partial charge in [-0.3, -0.25) is 0 Å². The number of unbranched alkanes of at least 4 members (excludes halogenated alkanes) is 1. The lowest BCUT2D eigenvalue weighted by Gasteiger charge is -2.13. The zero-order valence-electron chi connectivity index (χ0n) is 16.8. The van der Waals surface area contributed by atoms with E-state index in [9.17, 15) is 5.11 Å². The molecule has 0 saturated carbocycles. The molecule has 8 heteroatoms.